The smallest absolute Gasteiger partial charge is 0.140 e. The average Bonchev–Trinajstić information content (AvgIpc) is 2.35. The predicted octanol–water partition coefficient (Wildman–Crippen LogP) is 2.88. The van der Waals surface area contributed by atoms with Crippen molar-refractivity contribution in [3.8, 4) is 0 Å². The number of rotatable bonds is 9. The molecule has 1 rings (SSSR count). The highest BCUT2D eigenvalue weighted by atomic mass is 32.2. The maximum absolute atomic E-state index is 5.02. The zero-order valence-electron chi connectivity index (χ0n) is 11.5. The Morgan fingerprint density at radius 1 is 1.39 bits per heavy atom. The first-order valence-electron chi connectivity index (χ1n) is 6.41. The molecule has 5 heteroatoms. The standard InChI is InChI=1S/C13H23N3OS/c1-4-6-14-12-9-11(2)15-13(16-12)10-18-8-5-7-17-3/h9H,4-8,10H2,1-3H3,(H,14,15,16). The van der Waals surface area contributed by atoms with E-state index in [-0.39, 0.29) is 0 Å². The van der Waals surface area contributed by atoms with Crippen molar-refractivity contribution in [1.29, 1.82) is 0 Å². The van der Waals surface area contributed by atoms with Crippen molar-refractivity contribution in [3.63, 3.8) is 0 Å². The number of aromatic nitrogens is 2. The summed E-state index contributed by atoms with van der Waals surface area (Å²) in [5.74, 6) is 3.81. The second-order valence-corrected chi connectivity index (χ2v) is 5.24. The van der Waals surface area contributed by atoms with Gasteiger partial charge in [0, 0.05) is 32.0 Å². The molecule has 0 unspecified atom stereocenters. The van der Waals surface area contributed by atoms with E-state index in [1.165, 1.54) is 0 Å². The van der Waals surface area contributed by atoms with Crippen LogP contribution in [0.1, 0.15) is 31.3 Å². The van der Waals surface area contributed by atoms with E-state index in [4.69, 9.17) is 4.74 Å². The molecule has 0 aliphatic heterocycles. The molecule has 0 atom stereocenters. The van der Waals surface area contributed by atoms with Gasteiger partial charge in [0.05, 0.1) is 5.75 Å². The molecule has 0 saturated carbocycles. The van der Waals surface area contributed by atoms with Crippen molar-refractivity contribution < 1.29 is 4.74 Å². The number of aryl methyl sites for hydroxylation is 1. The molecule has 0 saturated heterocycles. The number of nitrogens with one attached hydrogen (secondary N) is 1. The third-order valence-electron chi connectivity index (χ3n) is 2.32. The van der Waals surface area contributed by atoms with E-state index in [1.54, 1.807) is 7.11 Å². The van der Waals surface area contributed by atoms with E-state index >= 15 is 0 Å². The Morgan fingerprint density at radius 2 is 2.22 bits per heavy atom. The topological polar surface area (TPSA) is 47.0 Å². The Bertz CT molecular complexity index is 347. The van der Waals surface area contributed by atoms with Crippen LogP contribution in [0.25, 0.3) is 0 Å². The number of thioether (sulfide) groups is 1. The summed E-state index contributed by atoms with van der Waals surface area (Å²) in [5.41, 5.74) is 1.02. The van der Waals surface area contributed by atoms with Gasteiger partial charge in [-0.3, -0.25) is 0 Å². The zero-order chi connectivity index (χ0) is 13.2. The molecule has 1 heterocycles. The maximum atomic E-state index is 5.02. The minimum atomic E-state index is 0.824. The summed E-state index contributed by atoms with van der Waals surface area (Å²) in [6.07, 6.45) is 2.18. The highest BCUT2D eigenvalue weighted by Gasteiger charge is 2.02. The van der Waals surface area contributed by atoms with E-state index in [0.717, 1.165) is 54.8 Å². The summed E-state index contributed by atoms with van der Waals surface area (Å²) in [5, 5.41) is 3.31. The molecule has 0 spiro atoms. The zero-order valence-corrected chi connectivity index (χ0v) is 12.3. The minimum absolute atomic E-state index is 0.824. The van der Waals surface area contributed by atoms with Crippen molar-refractivity contribution in [2.45, 2.75) is 32.4 Å². The molecular weight excluding hydrogens is 246 g/mol. The lowest BCUT2D eigenvalue weighted by Gasteiger charge is -2.07. The number of ether oxygens (including phenoxy) is 1. The van der Waals surface area contributed by atoms with E-state index in [1.807, 2.05) is 24.8 Å². The summed E-state index contributed by atoms with van der Waals surface area (Å²) < 4.78 is 5.02. The number of hydrogen-bond acceptors (Lipinski definition) is 5. The number of methoxy groups -OCH3 is 1. The molecule has 0 aliphatic rings. The lowest BCUT2D eigenvalue weighted by molar-refractivity contribution is 0.200. The Kier molecular flexibility index (Phi) is 7.76. The summed E-state index contributed by atoms with van der Waals surface area (Å²) in [4.78, 5) is 8.97. The van der Waals surface area contributed by atoms with Crippen LogP contribution in [0.15, 0.2) is 6.07 Å². The average molecular weight is 269 g/mol. The van der Waals surface area contributed by atoms with Gasteiger partial charge in [0.25, 0.3) is 0 Å². The second kappa shape index (κ2) is 9.16. The van der Waals surface area contributed by atoms with E-state index < -0.39 is 0 Å². The molecule has 102 valence electrons. The minimum Gasteiger partial charge on any atom is -0.385 e. The Morgan fingerprint density at radius 3 is 2.94 bits per heavy atom. The molecule has 0 amide bonds. The van der Waals surface area contributed by atoms with Crippen LogP contribution in [0.2, 0.25) is 0 Å². The first kappa shape index (κ1) is 15.2. The maximum Gasteiger partial charge on any atom is 0.140 e. The molecule has 0 bridgehead atoms. The Labute approximate surface area is 114 Å². The lowest BCUT2D eigenvalue weighted by atomic mass is 10.4. The summed E-state index contributed by atoms with van der Waals surface area (Å²) >= 11 is 1.85. The van der Waals surface area contributed by atoms with Crippen LogP contribution < -0.4 is 5.32 Å². The SMILES string of the molecule is CCCNc1cc(C)nc(CSCCCOC)n1. The Hall–Kier alpha value is -0.810. The first-order chi connectivity index (χ1) is 8.76. The summed E-state index contributed by atoms with van der Waals surface area (Å²) in [6, 6.07) is 1.99. The first-order valence-corrected chi connectivity index (χ1v) is 7.56. The molecule has 0 fully saturated rings. The largest absolute Gasteiger partial charge is 0.385 e. The van der Waals surface area contributed by atoms with Crippen LogP contribution in [-0.4, -0.2) is 36.0 Å². The van der Waals surface area contributed by atoms with Gasteiger partial charge in [-0.15, -0.1) is 0 Å². The summed E-state index contributed by atoms with van der Waals surface area (Å²) in [6.45, 7) is 5.94. The normalized spacial score (nSPS) is 10.6. The Balaban J connectivity index is 2.41. The van der Waals surface area contributed by atoms with Crippen LogP contribution in [-0.2, 0) is 10.5 Å². The van der Waals surface area contributed by atoms with E-state index in [9.17, 15) is 0 Å². The molecule has 1 aromatic heterocycles. The van der Waals surface area contributed by atoms with Gasteiger partial charge in [-0.05, 0) is 25.5 Å². The third-order valence-corrected chi connectivity index (χ3v) is 3.36. The third kappa shape index (κ3) is 6.21. The highest BCUT2D eigenvalue weighted by Crippen LogP contribution is 2.13. The molecule has 1 aromatic rings. The van der Waals surface area contributed by atoms with Gasteiger partial charge in [0.1, 0.15) is 11.6 Å². The van der Waals surface area contributed by atoms with Crippen molar-refractivity contribution in [2.24, 2.45) is 0 Å². The van der Waals surface area contributed by atoms with Crippen molar-refractivity contribution in [3.05, 3.63) is 17.6 Å². The van der Waals surface area contributed by atoms with Gasteiger partial charge in [0.15, 0.2) is 0 Å². The van der Waals surface area contributed by atoms with Gasteiger partial charge in [-0.1, -0.05) is 6.92 Å². The lowest BCUT2D eigenvalue weighted by Crippen LogP contribution is -2.05. The van der Waals surface area contributed by atoms with Crippen LogP contribution in [0.3, 0.4) is 0 Å². The van der Waals surface area contributed by atoms with Crippen LogP contribution in [0.4, 0.5) is 5.82 Å². The van der Waals surface area contributed by atoms with Gasteiger partial charge in [-0.2, -0.15) is 11.8 Å². The van der Waals surface area contributed by atoms with Gasteiger partial charge >= 0.3 is 0 Å². The quantitative estimate of drug-likeness (QED) is 0.698. The molecule has 1 N–H and O–H groups in total. The fourth-order valence-corrected chi connectivity index (χ4v) is 2.28. The van der Waals surface area contributed by atoms with Crippen molar-refractivity contribution in [2.75, 3.05) is 31.3 Å². The van der Waals surface area contributed by atoms with Crippen molar-refractivity contribution >= 4 is 17.6 Å². The molecule has 4 nitrogen and oxygen atoms in total. The van der Waals surface area contributed by atoms with Crippen molar-refractivity contribution in [1.82, 2.24) is 9.97 Å². The number of nitrogens with zero attached hydrogens (tertiary/aromatic N) is 2. The highest BCUT2D eigenvalue weighted by molar-refractivity contribution is 7.98. The van der Waals surface area contributed by atoms with E-state index in [0.29, 0.717) is 0 Å². The second-order valence-electron chi connectivity index (χ2n) is 4.14. The van der Waals surface area contributed by atoms with Crippen LogP contribution >= 0.6 is 11.8 Å². The number of anilines is 1. The molecule has 18 heavy (non-hydrogen) atoms. The van der Waals surface area contributed by atoms with Gasteiger partial charge in [-0.25, -0.2) is 9.97 Å². The fourth-order valence-electron chi connectivity index (χ4n) is 1.51. The number of hydrogen-bond donors (Lipinski definition) is 1. The monoisotopic (exact) mass is 269 g/mol. The fraction of sp³-hybridized carbons (Fsp3) is 0.692. The van der Waals surface area contributed by atoms with Crippen LogP contribution in [0, 0.1) is 6.92 Å². The predicted molar refractivity (Wildman–Crippen MR) is 78.2 cm³/mol. The molecular formula is C13H23N3OS. The summed E-state index contributed by atoms with van der Waals surface area (Å²) in [7, 11) is 1.74. The molecule has 0 aromatic carbocycles. The van der Waals surface area contributed by atoms with E-state index in [2.05, 4.69) is 22.2 Å². The van der Waals surface area contributed by atoms with Gasteiger partial charge in [0.2, 0.25) is 0 Å². The molecule has 0 radical (unpaired) electrons. The molecule has 0 aliphatic carbocycles. The van der Waals surface area contributed by atoms with Gasteiger partial charge < -0.3 is 10.1 Å². The van der Waals surface area contributed by atoms with Crippen LogP contribution in [0.5, 0.6) is 0 Å².